The van der Waals surface area contributed by atoms with Crippen molar-refractivity contribution in [3.05, 3.63) is 16.6 Å². The second-order valence-corrected chi connectivity index (χ2v) is 5.14. The van der Waals surface area contributed by atoms with Crippen molar-refractivity contribution in [2.45, 2.75) is 19.8 Å². The van der Waals surface area contributed by atoms with E-state index in [-0.39, 0.29) is 25.4 Å². The number of hydrogen-bond donors (Lipinski definition) is 0. The Balaban J connectivity index is 2.26. The molecule has 0 amide bonds. The van der Waals surface area contributed by atoms with Gasteiger partial charge in [-0.05, 0) is 6.92 Å². The van der Waals surface area contributed by atoms with Crippen molar-refractivity contribution in [2.75, 3.05) is 19.8 Å². The zero-order valence-corrected chi connectivity index (χ0v) is 11.0. The number of thiazole rings is 1. The second-order valence-electron chi connectivity index (χ2n) is 4.17. The van der Waals surface area contributed by atoms with Crippen LogP contribution in [-0.4, -0.2) is 36.6 Å². The van der Waals surface area contributed by atoms with Crippen LogP contribution in [0.5, 0.6) is 0 Å². The molecule has 18 heavy (non-hydrogen) atoms. The highest BCUT2D eigenvalue weighted by atomic mass is 32.1. The molecule has 2 rings (SSSR count). The van der Waals surface area contributed by atoms with Crippen LogP contribution in [0.2, 0.25) is 0 Å². The first-order valence-corrected chi connectivity index (χ1v) is 6.72. The van der Waals surface area contributed by atoms with Crippen LogP contribution < -0.4 is 0 Å². The van der Waals surface area contributed by atoms with E-state index in [0.29, 0.717) is 13.0 Å². The zero-order chi connectivity index (χ0) is 13.0. The molecule has 1 saturated heterocycles. The van der Waals surface area contributed by atoms with Crippen LogP contribution in [0.1, 0.15) is 18.2 Å². The van der Waals surface area contributed by atoms with Gasteiger partial charge in [-0.15, -0.1) is 11.3 Å². The van der Waals surface area contributed by atoms with Crippen LogP contribution in [0.25, 0.3) is 0 Å². The largest absolute Gasteiger partial charge is 0.465 e. The van der Waals surface area contributed by atoms with Crippen LogP contribution in [0.3, 0.4) is 0 Å². The van der Waals surface area contributed by atoms with E-state index in [9.17, 15) is 9.59 Å². The molecule has 6 heteroatoms. The molecule has 1 aromatic heterocycles. The maximum absolute atomic E-state index is 12.2. The fraction of sp³-hybridized carbons (Fsp3) is 0.583. The van der Waals surface area contributed by atoms with E-state index in [1.165, 1.54) is 11.3 Å². The number of aromatic nitrogens is 1. The molecule has 0 aromatic carbocycles. The third-order valence-electron chi connectivity index (χ3n) is 2.98. The second kappa shape index (κ2) is 5.58. The summed E-state index contributed by atoms with van der Waals surface area (Å²) in [7, 11) is 0. The molecule has 0 bridgehead atoms. The molecule has 0 aliphatic carbocycles. The van der Waals surface area contributed by atoms with E-state index in [4.69, 9.17) is 9.47 Å². The smallest absolute Gasteiger partial charge is 0.322 e. The van der Waals surface area contributed by atoms with Crippen LogP contribution in [0, 0.1) is 5.41 Å². The lowest BCUT2D eigenvalue weighted by Gasteiger charge is -2.32. The Labute approximate surface area is 109 Å². The topological polar surface area (TPSA) is 65.5 Å². The summed E-state index contributed by atoms with van der Waals surface area (Å²) < 4.78 is 10.4. The normalized spacial score (nSPS) is 23.9. The Hall–Kier alpha value is -1.27. The van der Waals surface area contributed by atoms with Crippen molar-refractivity contribution in [3.63, 3.8) is 0 Å². The third kappa shape index (κ3) is 2.44. The SMILES string of the molecule is CCOC(=O)C1(Cc2cncs2)COCCC1=O. The van der Waals surface area contributed by atoms with Gasteiger partial charge in [-0.3, -0.25) is 14.6 Å². The summed E-state index contributed by atoms with van der Waals surface area (Å²) in [6.45, 7) is 2.47. The van der Waals surface area contributed by atoms with Crippen molar-refractivity contribution in [1.82, 2.24) is 4.98 Å². The van der Waals surface area contributed by atoms with Gasteiger partial charge in [-0.25, -0.2) is 0 Å². The lowest BCUT2D eigenvalue weighted by molar-refractivity contribution is -0.169. The zero-order valence-electron chi connectivity index (χ0n) is 10.2. The van der Waals surface area contributed by atoms with E-state index in [2.05, 4.69) is 4.98 Å². The maximum atomic E-state index is 12.2. The predicted molar refractivity (Wildman–Crippen MR) is 65.3 cm³/mol. The number of nitrogens with zero attached hydrogens (tertiary/aromatic N) is 1. The highest BCUT2D eigenvalue weighted by Gasteiger charge is 2.49. The van der Waals surface area contributed by atoms with Gasteiger partial charge in [0.05, 0.1) is 25.3 Å². The summed E-state index contributed by atoms with van der Waals surface area (Å²) in [6.07, 6.45) is 2.25. The highest BCUT2D eigenvalue weighted by Crippen LogP contribution is 2.32. The van der Waals surface area contributed by atoms with Gasteiger partial charge in [0.15, 0.2) is 11.2 Å². The van der Waals surface area contributed by atoms with Gasteiger partial charge in [-0.1, -0.05) is 0 Å². The first-order valence-electron chi connectivity index (χ1n) is 5.84. The van der Waals surface area contributed by atoms with Gasteiger partial charge in [0.25, 0.3) is 0 Å². The molecular weight excluding hydrogens is 254 g/mol. The maximum Gasteiger partial charge on any atom is 0.322 e. The fourth-order valence-corrected chi connectivity index (χ4v) is 2.73. The molecule has 0 saturated carbocycles. The molecule has 2 heterocycles. The molecule has 5 nitrogen and oxygen atoms in total. The lowest BCUT2D eigenvalue weighted by atomic mass is 9.78. The quantitative estimate of drug-likeness (QED) is 0.607. The van der Waals surface area contributed by atoms with Crippen molar-refractivity contribution in [2.24, 2.45) is 5.41 Å². The highest BCUT2D eigenvalue weighted by molar-refractivity contribution is 7.09. The van der Waals surface area contributed by atoms with Crippen molar-refractivity contribution < 1.29 is 19.1 Å². The standard InChI is InChI=1S/C12H15NO4S/c1-2-17-11(15)12(5-9-6-13-8-18-9)7-16-4-3-10(12)14/h6,8H,2-5,7H2,1H3. The van der Waals surface area contributed by atoms with Gasteiger partial charge in [0, 0.05) is 23.9 Å². The van der Waals surface area contributed by atoms with Crippen molar-refractivity contribution in [3.8, 4) is 0 Å². The molecule has 1 atom stereocenters. The Morgan fingerprint density at radius 3 is 3.11 bits per heavy atom. The molecule has 1 aliphatic heterocycles. The monoisotopic (exact) mass is 269 g/mol. The Bertz CT molecular complexity index is 431. The van der Waals surface area contributed by atoms with Crippen LogP contribution in [0.15, 0.2) is 11.7 Å². The van der Waals surface area contributed by atoms with Gasteiger partial charge in [0.2, 0.25) is 0 Å². The number of rotatable bonds is 4. The number of carbonyl (C=O) groups excluding carboxylic acids is 2. The number of esters is 1. The summed E-state index contributed by atoms with van der Waals surface area (Å²) in [5.41, 5.74) is 0.503. The number of Topliss-reactive ketones (excluding diaryl/α,β-unsaturated/α-hetero) is 1. The van der Waals surface area contributed by atoms with E-state index in [0.717, 1.165) is 4.88 Å². The first kappa shape index (κ1) is 13.2. The summed E-state index contributed by atoms with van der Waals surface area (Å²) in [5, 5.41) is 0. The van der Waals surface area contributed by atoms with Crippen molar-refractivity contribution in [1.29, 1.82) is 0 Å². The first-order chi connectivity index (χ1) is 8.69. The summed E-state index contributed by atoms with van der Waals surface area (Å²) in [4.78, 5) is 29.1. The minimum Gasteiger partial charge on any atom is -0.465 e. The summed E-state index contributed by atoms with van der Waals surface area (Å²) in [5.74, 6) is -0.580. The fourth-order valence-electron chi connectivity index (χ4n) is 2.02. The van der Waals surface area contributed by atoms with E-state index in [1.807, 2.05) is 0 Å². The molecule has 1 aromatic rings. The van der Waals surface area contributed by atoms with Crippen LogP contribution in [-0.2, 0) is 25.5 Å². The van der Waals surface area contributed by atoms with Gasteiger partial charge in [0.1, 0.15) is 0 Å². The van der Waals surface area contributed by atoms with Crippen molar-refractivity contribution >= 4 is 23.1 Å². The van der Waals surface area contributed by atoms with Gasteiger partial charge < -0.3 is 9.47 Å². The van der Waals surface area contributed by atoms with Crippen LogP contribution in [0.4, 0.5) is 0 Å². The Morgan fingerprint density at radius 1 is 1.67 bits per heavy atom. The van der Waals surface area contributed by atoms with Crippen LogP contribution >= 0.6 is 11.3 Å². The molecule has 98 valence electrons. The minimum atomic E-state index is -1.18. The predicted octanol–water partition coefficient (Wildman–Crippen LogP) is 1.22. The minimum absolute atomic E-state index is 0.0967. The van der Waals surface area contributed by atoms with E-state index >= 15 is 0 Å². The molecule has 1 aliphatic rings. The molecule has 1 fully saturated rings. The van der Waals surface area contributed by atoms with E-state index < -0.39 is 11.4 Å². The summed E-state index contributed by atoms with van der Waals surface area (Å²) >= 11 is 1.43. The Kier molecular flexibility index (Phi) is 4.08. The van der Waals surface area contributed by atoms with E-state index in [1.54, 1.807) is 18.6 Å². The number of carbonyl (C=O) groups is 2. The summed E-state index contributed by atoms with van der Waals surface area (Å²) in [6, 6.07) is 0. The number of ketones is 1. The molecule has 0 spiro atoms. The lowest BCUT2D eigenvalue weighted by Crippen LogP contribution is -2.49. The number of hydrogen-bond acceptors (Lipinski definition) is 6. The van der Waals surface area contributed by atoms with Gasteiger partial charge in [-0.2, -0.15) is 0 Å². The molecule has 0 N–H and O–H groups in total. The Morgan fingerprint density at radius 2 is 2.50 bits per heavy atom. The average Bonchev–Trinajstić information content (AvgIpc) is 2.85. The average molecular weight is 269 g/mol. The molecule has 0 radical (unpaired) electrons. The molecular formula is C12H15NO4S. The third-order valence-corrected chi connectivity index (χ3v) is 3.76. The number of ether oxygens (including phenoxy) is 2. The van der Waals surface area contributed by atoms with Gasteiger partial charge >= 0.3 is 5.97 Å². The molecule has 1 unspecified atom stereocenters.